The van der Waals surface area contributed by atoms with Crippen molar-refractivity contribution in [3.05, 3.63) is 35.9 Å². The third-order valence-electron chi connectivity index (χ3n) is 1.20. The Morgan fingerprint density at radius 2 is 1.92 bits per heavy atom. The molecule has 0 N–H and O–H groups in total. The molecule has 0 aliphatic rings. The number of rotatable bonds is 1. The minimum atomic E-state index is -2.95. The smallest absolute Gasteiger partial charge is 0.248 e. The summed E-state index contributed by atoms with van der Waals surface area (Å²) >= 11 is 0. The number of hydrogen-bond acceptors (Lipinski definition) is 4. The molecule has 4 heteroatoms. The molecule has 0 amide bonds. The van der Waals surface area contributed by atoms with Gasteiger partial charge in [-0.05, 0) is 12.1 Å². The highest BCUT2D eigenvalue weighted by atomic mass is 17.2. The van der Waals surface area contributed by atoms with Crippen LogP contribution in [-0.4, -0.2) is 11.9 Å². The molecule has 4 nitrogen and oxygen atoms in total. The van der Waals surface area contributed by atoms with Crippen molar-refractivity contribution < 1.29 is 23.5 Å². The summed E-state index contributed by atoms with van der Waals surface area (Å²) < 4.78 is 20.0. The number of carbonyl (C=O) groups excluding carboxylic acids is 2. The van der Waals surface area contributed by atoms with E-state index in [1.54, 1.807) is 18.2 Å². The van der Waals surface area contributed by atoms with Crippen LogP contribution in [0.25, 0.3) is 0 Å². The van der Waals surface area contributed by atoms with Crippen LogP contribution in [0.15, 0.2) is 30.3 Å². The average Bonchev–Trinajstić information content (AvgIpc) is 2.25. The lowest BCUT2D eigenvalue weighted by molar-refractivity contribution is -0.231. The predicted octanol–water partition coefficient (Wildman–Crippen LogP) is 1.32. The first-order valence-corrected chi connectivity index (χ1v) is 3.39. The summed E-state index contributed by atoms with van der Waals surface area (Å²) in [5, 5.41) is 0. The summed E-state index contributed by atoms with van der Waals surface area (Å²) in [6, 6.07) is 7.73. The van der Waals surface area contributed by atoms with E-state index in [-0.39, 0.29) is 5.56 Å². The molecule has 0 radical (unpaired) electrons. The van der Waals surface area contributed by atoms with Crippen LogP contribution in [0.3, 0.4) is 0 Å². The fourth-order valence-electron chi connectivity index (χ4n) is 0.698. The summed E-state index contributed by atoms with van der Waals surface area (Å²) in [7, 11) is 0. The molecule has 0 aliphatic carbocycles. The highest BCUT2D eigenvalue weighted by Gasteiger charge is 2.08. The Morgan fingerprint density at radius 3 is 2.54 bits per heavy atom. The Kier molecular flexibility index (Phi) is 1.88. The van der Waals surface area contributed by atoms with Crippen molar-refractivity contribution in [3.63, 3.8) is 0 Å². The molecule has 0 fully saturated rings. The second kappa shape index (κ2) is 4.25. The monoisotopic (exact) mass is 183 g/mol. The van der Waals surface area contributed by atoms with E-state index in [0.29, 0.717) is 0 Å². The van der Waals surface area contributed by atoms with Crippen molar-refractivity contribution in [2.45, 2.75) is 6.85 Å². The maximum Gasteiger partial charge on any atom is 0.386 e. The maximum absolute atomic E-state index is 11.2. The van der Waals surface area contributed by atoms with Gasteiger partial charge in [0.15, 0.2) is 0 Å². The van der Waals surface area contributed by atoms with Crippen molar-refractivity contribution in [1.29, 1.82) is 0 Å². The lowest BCUT2D eigenvalue weighted by Crippen LogP contribution is -2.08. The Hall–Kier alpha value is -1.84. The molecule has 0 unspecified atom stereocenters. The third kappa shape index (κ3) is 2.94. The average molecular weight is 183 g/mol. The fraction of sp³-hybridized carbons (Fsp3) is 0.111. The lowest BCUT2D eigenvalue weighted by Gasteiger charge is -1.99. The zero-order chi connectivity index (χ0) is 12.2. The van der Waals surface area contributed by atoms with E-state index in [0.717, 1.165) is 0 Å². The largest absolute Gasteiger partial charge is 0.386 e. The molecule has 0 spiro atoms. The van der Waals surface area contributed by atoms with Gasteiger partial charge in [0.05, 0.1) is 5.56 Å². The van der Waals surface area contributed by atoms with Gasteiger partial charge in [0.1, 0.15) is 0 Å². The molecule has 68 valence electrons. The van der Waals surface area contributed by atoms with Gasteiger partial charge in [-0.1, -0.05) is 18.2 Å². The molecule has 0 aliphatic heterocycles. The van der Waals surface area contributed by atoms with Gasteiger partial charge >= 0.3 is 11.9 Å². The minimum Gasteiger partial charge on any atom is -0.248 e. The predicted molar refractivity (Wildman–Crippen MR) is 43.6 cm³/mol. The summed E-state index contributed by atoms with van der Waals surface area (Å²) in [6.07, 6.45) is 0. The zero-order valence-corrected chi connectivity index (χ0v) is 6.52. The summed E-state index contributed by atoms with van der Waals surface area (Å²) in [5.41, 5.74) is 0.154. The van der Waals surface area contributed by atoms with Crippen molar-refractivity contribution >= 4 is 11.9 Å². The topological polar surface area (TPSA) is 52.6 Å². The van der Waals surface area contributed by atoms with Gasteiger partial charge in [-0.3, -0.25) is 0 Å². The highest BCUT2D eigenvalue weighted by Crippen LogP contribution is 2.00. The molecule has 0 atom stereocenters. The van der Waals surface area contributed by atoms with E-state index in [2.05, 4.69) is 9.78 Å². The minimum absolute atomic E-state index is 0.154. The SMILES string of the molecule is [2H]C([2H])([2H])C(=O)OOC(=O)c1ccccc1. The van der Waals surface area contributed by atoms with Crippen LogP contribution in [0.2, 0.25) is 0 Å². The second-order valence-corrected chi connectivity index (χ2v) is 2.11. The second-order valence-electron chi connectivity index (χ2n) is 2.11. The van der Waals surface area contributed by atoms with E-state index >= 15 is 0 Å². The van der Waals surface area contributed by atoms with E-state index < -0.39 is 18.8 Å². The van der Waals surface area contributed by atoms with Gasteiger partial charge in [-0.25, -0.2) is 19.4 Å². The first kappa shape index (κ1) is 5.75. The molecule has 0 aromatic heterocycles. The molecule has 0 saturated heterocycles. The Morgan fingerprint density at radius 1 is 1.23 bits per heavy atom. The van der Waals surface area contributed by atoms with Crippen LogP contribution >= 0.6 is 0 Å². The summed E-state index contributed by atoms with van der Waals surface area (Å²) in [4.78, 5) is 29.9. The quantitative estimate of drug-likeness (QED) is 0.486. The first-order chi connectivity index (χ1) is 7.41. The van der Waals surface area contributed by atoms with Gasteiger partial charge in [0, 0.05) is 11.0 Å². The third-order valence-corrected chi connectivity index (χ3v) is 1.20. The van der Waals surface area contributed by atoms with Crippen LogP contribution in [0.4, 0.5) is 0 Å². The molecular weight excluding hydrogens is 172 g/mol. The van der Waals surface area contributed by atoms with E-state index in [1.165, 1.54) is 12.1 Å². The Bertz CT molecular complexity index is 385. The van der Waals surface area contributed by atoms with E-state index in [9.17, 15) is 9.59 Å². The van der Waals surface area contributed by atoms with Crippen molar-refractivity contribution in [3.8, 4) is 0 Å². The molecule has 1 aromatic carbocycles. The van der Waals surface area contributed by atoms with E-state index in [4.69, 9.17) is 4.11 Å². The van der Waals surface area contributed by atoms with Gasteiger partial charge in [-0.15, -0.1) is 0 Å². The van der Waals surface area contributed by atoms with Crippen LogP contribution in [-0.2, 0) is 14.6 Å². The van der Waals surface area contributed by atoms with Crippen LogP contribution < -0.4 is 0 Å². The molecule has 1 rings (SSSR count). The molecular formula is C9H8O4. The Labute approximate surface area is 79.2 Å². The summed E-state index contributed by atoms with van der Waals surface area (Å²) in [5.74, 6) is -2.52. The lowest BCUT2D eigenvalue weighted by atomic mass is 10.2. The number of benzene rings is 1. The van der Waals surface area contributed by atoms with Gasteiger partial charge in [0.2, 0.25) is 0 Å². The van der Waals surface area contributed by atoms with Crippen LogP contribution in [0, 0.1) is 0 Å². The highest BCUT2D eigenvalue weighted by molar-refractivity contribution is 5.89. The van der Waals surface area contributed by atoms with Crippen LogP contribution in [0.5, 0.6) is 0 Å². The van der Waals surface area contributed by atoms with Gasteiger partial charge < -0.3 is 0 Å². The van der Waals surface area contributed by atoms with E-state index in [1.807, 2.05) is 0 Å². The molecule has 1 aromatic rings. The fourth-order valence-corrected chi connectivity index (χ4v) is 0.698. The van der Waals surface area contributed by atoms with Gasteiger partial charge in [0.25, 0.3) is 0 Å². The normalized spacial score (nSPS) is 13.4. The van der Waals surface area contributed by atoms with Crippen molar-refractivity contribution in [1.82, 2.24) is 0 Å². The van der Waals surface area contributed by atoms with Crippen LogP contribution in [0.1, 0.15) is 21.3 Å². The van der Waals surface area contributed by atoms with Crippen molar-refractivity contribution in [2.75, 3.05) is 0 Å². The molecule has 13 heavy (non-hydrogen) atoms. The standard InChI is InChI=1S/C9H8O4/c1-7(10)12-13-9(11)8-5-3-2-4-6-8/h2-6H,1H3/i1D3. The first-order valence-electron chi connectivity index (χ1n) is 4.89. The van der Waals surface area contributed by atoms with Gasteiger partial charge in [-0.2, -0.15) is 0 Å². The zero-order valence-electron chi connectivity index (χ0n) is 9.52. The maximum atomic E-state index is 11.2. The molecule has 0 heterocycles. The number of carbonyl (C=O) groups is 2. The van der Waals surface area contributed by atoms with Crippen molar-refractivity contribution in [2.24, 2.45) is 0 Å². The summed E-state index contributed by atoms with van der Waals surface area (Å²) in [6.45, 7) is -2.95. The molecule has 0 bridgehead atoms. The number of hydrogen-bond donors (Lipinski definition) is 0. The Balaban J connectivity index is 2.52. The molecule has 0 saturated carbocycles.